The summed E-state index contributed by atoms with van der Waals surface area (Å²) in [6, 6.07) is 5.63. The highest BCUT2D eigenvalue weighted by Gasteiger charge is 2.35. The zero-order chi connectivity index (χ0) is 23.6. The molecular formula is C20H21BrClF3N2O3S. The second-order valence-corrected chi connectivity index (χ2v) is 10.3. The predicted octanol–water partition coefficient (Wildman–Crippen LogP) is 6.30. The van der Waals surface area contributed by atoms with Gasteiger partial charge in [-0.05, 0) is 60.8 Å². The van der Waals surface area contributed by atoms with E-state index in [1.807, 2.05) is 0 Å². The number of carbonyl (C=O) groups is 2. The van der Waals surface area contributed by atoms with E-state index in [9.17, 15) is 27.9 Å². The van der Waals surface area contributed by atoms with E-state index in [1.54, 1.807) is 20.8 Å². The van der Waals surface area contributed by atoms with Crippen LogP contribution in [0.1, 0.15) is 41.6 Å². The lowest BCUT2D eigenvalue weighted by Crippen LogP contribution is -2.53. The highest BCUT2D eigenvalue weighted by atomic mass is 79.9. The monoisotopic (exact) mass is 540 g/mol. The second-order valence-electron chi connectivity index (χ2n) is 7.83. The molecule has 5 nitrogen and oxygen atoms in total. The van der Waals surface area contributed by atoms with Crippen molar-refractivity contribution in [2.75, 3.05) is 6.54 Å². The number of halogens is 5. The molecule has 2 amide bonds. The summed E-state index contributed by atoms with van der Waals surface area (Å²) in [5.41, 5.74) is -1.69. The van der Waals surface area contributed by atoms with E-state index >= 15 is 0 Å². The van der Waals surface area contributed by atoms with Crippen LogP contribution in [-0.2, 0) is 12.6 Å². The highest BCUT2D eigenvalue weighted by Crippen LogP contribution is 2.33. The molecular weight excluding hydrogens is 521 g/mol. The molecule has 2 N–H and O–H groups in total. The minimum atomic E-state index is -4.58. The normalized spacial score (nSPS) is 13.0. The van der Waals surface area contributed by atoms with E-state index in [0.717, 1.165) is 22.3 Å². The van der Waals surface area contributed by atoms with E-state index in [-0.39, 0.29) is 23.4 Å². The van der Waals surface area contributed by atoms with Crippen molar-refractivity contribution < 1.29 is 27.9 Å². The number of amides is 2. The number of thiophene rings is 1. The fourth-order valence-electron chi connectivity index (χ4n) is 2.98. The van der Waals surface area contributed by atoms with Crippen LogP contribution in [0.25, 0.3) is 0 Å². The van der Waals surface area contributed by atoms with Gasteiger partial charge >= 0.3 is 12.3 Å². The Morgan fingerprint density at radius 3 is 2.35 bits per heavy atom. The maximum Gasteiger partial charge on any atom is 0.416 e. The van der Waals surface area contributed by atoms with Gasteiger partial charge in [-0.25, -0.2) is 4.79 Å². The third-order valence-corrected chi connectivity index (χ3v) is 6.91. The standard InChI is InChI=1S/C20H21BrClF3N2O3S/c1-19(2,3)27(18(29)30)10-12(26-17(28)15-9-14(21)16(22)31-15)8-11-6-4-5-7-13(11)20(23,24)25/h4-7,9,12H,8,10H2,1-3H3,(H,26,28)(H,29,30)/t12-/m1/s1. The fraction of sp³-hybridized carbons (Fsp3) is 0.400. The number of benzene rings is 1. The van der Waals surface area contributed by atoms with Crippen LogP contribution in [0.4, 0.5) is 18.0 Å². The van der Waals surface area contributed by atoms with Gasteiger partial charge in [-0.15, -0.1) is 11.3 Å². The first kappa shape index (κ1) is 25.5. The molecule has 0 bridgehead atoms. The van der Waals surface area contributed by atoms with Crippen LogP contribution < -0.4 is 5.32 Å². The Morgan fingerprint density at radius 2 is 1.87 bits per heavy atom. The number of hydrogen-bond donors (Lipinski definition) is 2. The van der Waals surface area contributed by atoms with Crippen molar-refractivity contribution in [3.05, 3.63) is 55.1 Å². The van der Waals surface area contributed by atoms with E-state index < -0.39 is 35.3 Å². The average Bonchev–Trinajstić information content (AvgIpc) is 2.96. The maximum absolute atomic E-state index is 13.4. The molecule has 1 aromatic heterocycles. The maximum atomic E-state index is 13.4. The summed E-state index contributed by atoms with van der Waals surface area (Å²) in [6.07, 6.45) is -6.02. The van der Waals surface area contributed by atoms with Crippen LogP contribution in [0.3, 0.4) is 0 Å². The number of alkyl halides is 3. The minimum absolute atomic E-state index is 0.0371. The Balaban J connectivity index is 2.38. The van der Waals surface area contributed by atoms with Gasteiger partial charge in [-0.3, -0.25) is 4.79 Å². The zero-order valence-electron chi connectivity index (χ0n) is 16.9. The van der Waals surface area contributed by atoms with E-state index in [1.165, 1.54) is 24.3 Å². The quantitative estimate of drug-likeness (QED) is 0.451. The molecule has 1 heterocycles. The molecule has 0 saturated heterocycles. The van der Waals surface area contributed by atoms with Crippen LogP contribution in [-0.4, -0.2) is 40.1 Å². The molecule has 170 valence electrons. The molecule has 0 spiro atoms. The van der Waals surface area contributed by atoms with Gasteiger partial charge in [0.15, 0.2) is 0 Å². The zero-order valence-corrected chi connectivity index (χ0v) is 20.0. The van der Waals surface area contributed by atoms with Gasteiger partial charge in [0.25, 0.3) is 5.91 Å². The molecule has 0 saturated carbocycles. The number of hydrogen-bond acceptors (Lipinski definition) is 3. The van der Waals surface area contributed by atoms with Gasteiger partial charge in [0.05, 0.1) is 16.5 Å². The summed E-state index contributed by atoms with van der Waals surface area (Å²) in [5.74, 6) is -0.550. The third-order valence-electron chi connectivity index (χ3n) is 4.44. The Morgan fingerprint density at radius 1 is 1.26 bits per heavy atom. The molecule has 0 aliphatic rings. The second kappa shape index (κ2) is 9.79. The molecule has 0 fully saturated rings. The van der Waals surface area contributed by atoms with Gasteiger partial charge in [0.2, 0.25) is 0 Å². The first-order valence-corrected chi connectivity index (χ1v) is 11.1. The first-order chi connectivity index (χ1) is 14.2. The number of nitrogens with one attached hydrogen (secondary N) is 1. The van der Waals surface area contributed by atoms with Crippen molar-refractivity contribution in [1.82, 2.24) is 10.2 Å². The molecule has 0 aliphatic heterocycles. The summed E-state index contributed by atoms with van der Waals surface area (Å²) in [5, 5.41) is 12.3. The smallest absolute Gasteiger partial charge is 0.416 e. The van der Waals surface area contributed by atoms with Crippen LogP contribution in [0.5, 0.6) is 0 Å². The van der Waals surface area contributed by atoms with Crippen molar-refractivity contribution in [2.45, 2.75) is 44.9 Å². The Labute approximate surface area is 195 Å². The Hall–Kier alpha value is -1.78. The molecule has 31 heavy (non-hydrogen) atoms. The molecule has 2 aromatic rings. The Kier molecular flexibility index (Phi) is 8.04. The molecule has 0 unspecified atom stereocenters. The van der Waals surface area contributed by atoms with Crippen LogP contribution in [0.2, 0.25) is 4.34 Å². The summed E-state index contributed by atoms with van der Waals surface area (Å²) >= 11 is 10.2. The van der Waals surface area contributed by atoms with Gasteiger partial charge < -0.3 is 15.3 Å². The van der Waals surface area contributed by atoms with Crippen LogP contribution in [0, 0.1) is 0 Å². The van der Waals surface area contributed by atoms with Gasteiger partial charge in [0.1, 0.15) is 4.34 Å². The van der Waals surface area contributed by atoms with E-state index in [0.29, 0.717) is 8.81 Å². The van der Waals surface area contributed by atoms with Gasteiger partial charge in [-0.1, -0.05) is 29.8 Å². The SMILES string of the molecule is CC(C)(C)N(C[C@@H](Cc1ccccc1C(F)(F)F)NC(=O)c1cc(Br)c(Cl)s1)C(=O)O. The number of rotatable bonds is 6. The highest BCUT2D eigenvalue weighted by molar-refractivity contribution is 9.10. The number of carbonyl (C=O) groups excluding carboxylic acids is 1. The third kappa shape index (κ3) is 6.85. The largest absolute Gasteiger partial charge is 0.465 e. The summed E-state index contributed by atoms with van der Waals surface area (Å²) in [7, 11) is 0. The molecule has 1 aromatic carbocycles. The topological polar surface area (TPSA) is 69.6 Å². The van der Waals surface area contributed by atoms with Crippen molar-refractivity contribution >= 4 is 50.9 Å². The van der Waals surface area contributed by atoms with Crippen molar-refractivity contribution in [3.63, 3.8) is 0 Å². The van der Waals surface area contributed by atoms with Crippen molar-refractivity contribution in [3.8, 4) is 0 Å². The van der Waals surface area contributed by atoms with E-state index in [4.69, 9.17) is 11.6 Å². The number of carboxylic acid groups (broad SMARTS) is 1. The minimum Gasteiger partial charge on any atom is -0.465 e. The van der Waals surface area contributed by atoms with Crippen LogP contribution >= 0.6 is 38.9 Å². The molecule has 1 atom stereocenters. The van der Waals surface area contributed by atoms with Crippen molar-refractivity contribution in [2.24, 2.45) is 0 Å². The average molecular weight is 542 g/mol. The fourth-order valence-corrected chi connectivity index (χ4v) is 4.58. The summed E-state index contributed by atoms with van der Waals surface area (Å²) < 4.78 is 41.2. The summed E-state index contributed by atoms with van der Waals surface area (Å²) in [4.78, 5) is 25.8. The lowest BCUT2D eigenvalue weighted by Gasteiger charge is -2.36. The van der Waals surface area contributed by atoms with Gasteiger partial charge in [0, 0.05) is 16.6 Å². The Bertz CT molecular complexity index is 940. The first-order valence-electron chi connectivity index (χ1n) is 9.11. The lowest BCUT2D eigenvalue weighted by molar-refractivity contribution is -0.138. The molecule has 2 rings (SSSR count). The molecule has 11 heteroatoms. The van der Waals surface area contributed by atoms with E-state index in [2.05, 4.69) is 21.2 Å². The summed E-state index contributed by atoms with van der Waals surface area (Å²) in [6.45, 7) is 4.80. The molecule has 0 radical (unpaired) electrons. The lowest BCUT2D eigenvalue weighted by atomic mass is 9.98. The molecule has 0 aliphatic carbocycles. The van der Waals surface area contributed by atoms with Crippen LogP contribution in [0.15, 0.2) is 34.8 Å². The number of nitrogens with zero attached hydrogens (tertiary/aromatic N) is 1. The van der Waals surface area contributed by atoms with Gasteiger partial charge in [-0.2, -0.15) is 13.2 Å². The van der Waals surface area contributed by atoms with Crippen molar-refractivity contribution in [1.29, 1.82) is 0 Å². The predicted molar refractivity (Wildman–Crippen MR) is 118 cm³/mol.